The van der Waals surface area contributed by atoms with Gasteiger partial charge in [-0.05, 0) is 49.2 Å². The van der Waals surface area contributed by atoms with Crippen molar-refractivity contribution in [2.24, 2.45) is 0 Å². The zero-order valence-corrected chi connectivity index (χ0v) is 18.6. The minimum Gasteiger partial charge on any atom is -0.494 e. The van der Waals surface area contributed by atoms with Crippen LogP contribution in [0.4, 0.5) is 5.69 Å². The third kappa shape index (κ3) is 4.53. The van der Waals surface area contributed by atoms with Crippen LogP contribution in [-0.2, 0) is 16.1 Å². The Morgan fingerprint density at radius 2 is 1.66 bits per heavy atom. The second-order valence-corrected chi connectivity index (χ2v) is 7.96. The molecule has 6 heteroatoms. The number of imide groups is 1. The number of anilines is 1. The fraction of sp³-hybridized carbons (Fsp3) is 0.154. The van der Waals surface area contributed by atoms with Gasteiger partial charge in [0.2, 0.25) is 0 Å². The molecule has 1 aliphatic heterocycles. The van der Waals surface area contributed by atoms with Gasteiger partial charge >= 0.3 is 0 Å². The summed E-state index contributed by atoms with van der Waals surface area (Å²) in [5.41, 5.74) is 3.84. The highest BCUT2D eigenvalue weighted by molar-refractivity contribution is 6.36. The monoisotopic (exact) mass is 446 g/mol. The first-order valence-corrected chi connectivity index (χ1v) is 10.8. The molecule has 0 spiro atoms. The lowest BCUT2D eigenvalue weighted by Gasteiger charge is -2.16. The summed E-state index contributed by atoms with van der Waals surface area (Å²) in [5, 5.41) is 3.72. The smallest absolute Gasteiger partial charge is 0.278 e. The number of hydrogen-bond acceptors (Lipinski definition) is 4. The van der Waals surface area contributed by atoms with E-state index in [-0.39, 0.29) is 24.1 Å². The number of rotatable bonds is 7. The highest BCUT2D eigenvalue weighted by Gasteiger charge is 2.39. The Balaban J connectivity index is 1.71. The summed E-state index contributed by atoms with van der Waals surface area (Å²) in [6, 6.07) is 22.0. The summed E-state index contributed by atoms with van der Waals surface area (Å²) >= 11 is 6.04. The lowest BCUT2D eigenvalue weighted by Crippen LogP contribution is -2.32. The van der Waals surface area contributed by atoms with Crippen molar-refractivity contribution in [3.63, 3.8) is 0 Å². The van der Waals surface area contributed by atoms with E-state index >= 15 is 0 Å². The number of carbonyl (C=O) groups is 2. The number of aryl methyl sites for hydroxylation is 1. The molecular weight excluding hydrogens is 424 g/mol. The van der Waals surface area contributed by atoms with Crippen molar-refractivity contribution in [2.75, 3.05) is 11.9 Å². The summed E-state index contributed by atoms with van der Waals surface area (Å²) in [4.78, 5) is 28.0. The molecule has 1 heterocycles. The number of nitrogens with zero attached hydrogens (tertiary/aromatic N) is 1. The van der Waals surface area contributed by atoms with E-state index in [9.17, 15) is 9.59 Å². The van der Waals surface area contributed by atoms with Gasteiger partial charge in [-0.2, -0.15) is 0 Å². The van der Waals surface area contributed by atoms with Gasteiger partial charge in [0.15, 0.2) is 0 Å². The van der Waals surface area contributed by atoms with Gasteiger partial charge in [-0.3, -0.25) is 14.5 Å². The van der Waals surface area contributed by atoms with Crippen molar-refractivity contribution in [3.8, 4) is 5.75 Å². The van der Waals surface area contributed by atoms with Crippen LogP contribution in [-0.4, -0.2) is 23.3 Å². The van der Waals surface area contributed by atoms with Crippen molar-refractivity contribution >= 4 is 34.7 Å². The molecule has 1 N–H and O–H groups in total. The second-order valence-electron chi connectivity index (χ2n) is 7.52. The van der Waals surface area contributed by atoms with Crippen LogP contribution in [0, 0.1) is 6.92 Å². The number of halogens is 1. The average molecular weight is 447 g/mol. The lowest BCUT2D eigenvalue weighted by atomic mass is 10.0. The van der Waals surface area contributed by atoms with Gasteiger partial charge in [0.1, 0.15) is 11.4 Å². The first-order valence-electron chi connectivity index (χ1n) is 10.4. The molecule has 2 amide bonds. The molecule has 1 aliphatic rings. The molecule has 0 aromatic heterocycles. The quantitative estimate of drug-likeness (QED) is 0.491. The molecule has 0 saturated carbocycles. The molecule has 162 valence electrons. The van der Waals surface area contributed by atoms with Gasteiger partial charge in [0, 0.05) is 16.8 Å². The average Bonchev–Trinajstić information content (AvgIpc) is 3.01. The molecule has 0 bridgehead atoms. The Kier molecular flexibility index (Phi) is 6.28. The predicted octanol–water partition coefficient (Wildman–Crippen LogP) is 5.44. The maximum absolute atomic E-state index is 13.4. The minimum atomic E-state index is -0.373. The standard InChI is InChI=1S/C26H23ClN2O3/c1-3-32-22-6-4-5-21(15-22)28-24-23(19-11-13-20(27)14-12-19)25(30)29(26(24)31)16-18-9-7-17(2)8-10-18/h4-15,28H,3,16H2,1-2H3. The maximum atomic E-state index is 13.4. The van der Waals surface area contributed by atoms with E-state index in [1.54, 1.807) is 30.3 Å². The molecule has 0 fully saturated rings. The van der Waals surface area contributed by atoms with Gasteiger partial charge in [-0.15, -0.1) is 0 Å². The van der Waals surface area contributed by atoms with Crippen LogP contribution in [0.2, 0.25) is 5.02 Å². The van der Waals surface area contributed by atoms with Crippen molar-refractivity contribution in [1.82, 2.24) is 4.90 Å². The Labute approximate surface area is 192 Å². The van der Waals surface area contributed by atoms with Crippen LogP contribution in [0.5, 0.6) is 5.75 Å². The van der Waals surface area contributed by atoms with E-state index in [0.29, 0.717) is 34.2 Å². The largest absolute Gasteiger partial charge is 0.494 e. The molecular formula is C26H23ClN2O3. The van der Waals surface area contributed by atoms with Gasteiger partial charge in [-0.25, -0.2) is 0 Å². The lowest BCUT2D eigenvalue weighted by molar-refractivity contribution is -0.137. The normalized spacial score (nSPS) is 13.7. The van der Waals surface area contributed by atoms with Gasteiger partial charge < -0.3 is 10.1 Å². The molecule has 0 unspecified atom stereocenters. The fourth-order valence-electron chi connectivity index (χ4n) is 3.57. The number of ether oxygens (including phenoxy) is 1. The molecule has 0 radical (unpaired) electrons. The summed E-state index contributed by atoms with van der Waals surface area (Å²) in [5.74, 6) is -0.0388. The highest BCUT2D eigenvalue weighted by atomic mass is 35.5. The third-order valence-electron chi connectivity index (χ3n) is 5.18. The molecule has 0 aliphatic carbocycles. The summed E-state index contributed by atoms with van der Waals surface area (Å²) in [6.07, 6.45) is 0. The third-order valence-corrected chi connectivity index (χ3v) is 5.43. The Morgan fingerprint density at radius 1 is 0.938 bits per heavy atom. The number of nitrogens with one attached hydrogen (secondary N) is 1. The summed E-state index contributed by atoms with van der Waals surface area (Å²) in [7, 11) is 0. The van der Waals surface area contributed by atoms with Crippen LogP contribution in [0.15, 0.2) is 78.5 Å². The molecule has 0 atom stereocenters. The first kappa shape index (κ1) is 21.7. The van der Waals surface area contributed by atoms with Gasteiger partial charge in [-0.1, -0.05) is 59.6 Å². The van der Waals surface area contributed by atoms with Gasteiger partial charge in [0.05, 0.1) is 18.7 Å². The zero-order chi connectivity index (χ0) is 22.7. The van der Waals surface area contributed by atoms with E-state index in [1.807, 2.05) is 56.3 Å². The Bertz CT molecular complexity index is 1180. The number of hydrogen-bond donors (Lipinski definition) is 1. The first-order chi connectivity index (χ1) is 15.5. The minimum absolute atomic E-state index is 0.194. The molecule has 3 aromatic carbocycles. The fourth-order valence-corrected chi connectivity index (χ4v) is 3.70. The number of carbonyl (C=O) groups excluding carboxylic acids is 2. The van der Waals surface area contributed by atoms with Crippen LogP contribution in [0.1, 0.15) is 23.6 Å². The van der Waals surface area contributed by atoms with Crippen molar-refractivity contribution in [3.05, 3.63) is 100 Å². The van der Waals surface area contributed by atoms with Crippen molar-refractivity contribution in [1.29, 1.82) is 0 Å². The Hall–Kier alpha value is -3.57. The molecule has 3 aromatic rings. The van der Waals surface area contributed by atoms with E-state index in [2.05, 4.69) is 5.32 Å². The topological polar surface area (TPSA) is 58.6 Å². The summed E-state index contributed by atoms with van der Waals surface area (Å²) < 4.78 is 5.56. The van der Waals surface area contributed by atoms with Crippen LogP contribution < -0.4 is 10.1 Å². The Morgan fingerprint density at radius 3 is 2.34 bits per heavy atom. The SMILES string of the molecule is CCOc1cccc(NC2=C(c3ccc(Cl)cc3)C(=O)N(Cc3ccc(C)cc3)C2=O)c1. The predicted molar refractivity (Wildman–Crippen MR) is 126 cm³/mol. The van der Waals surface area contributed by atoms with Crippen molar-refractivity contribution < 1.29 is 14.3 Å². The second kappa shape index (κ2) is 9.28. The van der Waals surface area contributed by atoms with Gasteiger partial charge in [0.25, 0.3) is 11.8 Å². The van der Waals surface area contributed by atoms with Crippen LogP contribution >= 0.6 is 11.6 Å². The van der Waals surface area contributed by atoms with E-state index in [0.717, 1.165) is 11.1 Å². The van der Waals surface area contributed by atoms with Crippen LogP contribution in [0.25, 0.3) is 5.57 Å². The molecule has 5 nitrogen and oxygen atoms in total. The maximum Gasteiger partial charge on any atom is 0.278 e. The van der Waals surface area contributed by atoms with E-state index < -0.39 is 0 Å². The zero-order valence-electron chi connectivity index (χ0n) is 17.9. The molecule has 32 heavy (non-hydrogen) atoms. The molecule has 4 rings (SSSR count). The van der Waals surface area contributed by atoms with Crippen molar-refractivity contribution in [2.45, 2.75) is 20.4 Å². The van der Waals surface area contributed by atoms with E-state index in [1.165, 1.54) is 4.90 Å². The van der Waals surface area contributed by atoms with Crippen LogP contribution in [0.3, 0.4) is 0 Å². The van der Waals surface area contributed by atoms with E-state index in [4.69, 9.17) is 16.3 Å². The number of benzene rings is 3. The summed E-state index contributed by atoms with van der Waals surface area (Å²) in [6.45, 7) is 4.63. The number of amides is 2. The molecule has 0 saturated heterocycles. The highest BCUT2D eigenvalue weighted by Crippen LogP contribution is 2.32.